The van der Waals surface area contributed by atoms with E-state index in [2.05, 4.69) is 307 Å². The van der Waals surface area contributed by atoms with Crippen molar-refractivity contribution in [3.8, 4) is 6.57 Å². The summed E-state index contributed by atoms with van der Waals surface area (Å²) in [4.78, 5) is 61.0. The van der Waals surface area contributed by atoms with Crippen molar-refractivity contribution in [1.29, 1.82) is 0 Å². The first-order valence-corrected chi connectivity index (χ1v) is 55.4. The molecule has 0 atom stereocenters. The maximum atomic E-state index is 9.97. The van der Waals surface area contributed by atoms with Crippen LogP contribution in [0, 0.1) is 14.0 Å². The number of nitrogens with two attached hydrogens (primary N) is 4. The number of fused-ring (bicyclic) bond motifs is 1. The molecule has 8 rings (SSSR count). The van der Waals surface area contributed by atoms with Gasteiger partial charge >= 0.3 is 353 Å². The molecule has 0 fully saturated rings. The molecule has 1 amide bonds. The molecule has 568 valence electrons. The number of nitrogens with one attached hydrogen (secondary N) is 1. The molecule has 0 spiro atoms. The number of aromatic nitrogens is 8. The Hall–Kier alpha value is 0.337. The summed E-state index contributed by atoms with van der Waals surface area (Å²) >= 11 is 51.6. The van der Waals surface area contributed by atoms with Gasteiger partial charge in [-0.05, 0) is 129 Å². The van der Waals surface area contributed by atoms with Crippen molar-refractivity contribution < 1.29 is 42.4 Å². The van der Waals surface area contributed by atoms with Gasteiger partial charge in [0.2, 0.25) is 6.41 Å². The number of amidine groups is 1. The molecule has 0 saturated carbocycles. The average Bonchev–Trinajstić information content (AvgIpc) is 1.71. The van der Waals surface area contributed by atoms with Crippen molar-refractivity contribution in [2.45, 2.75) is 96.9 Å². The number of halogens is 12. The summed E-state index contributed by atoms with van der Waals surface area (Å²) in [5.74, 6) is 0. The predicted octanol–water partition coefficient (Wildman–Crippen LogP) is 21.5. The van der Waals surface area contributed by atoms with Gasteiger partial charge in [-0.15, -0.1) is 0 Å². The summed E-state index contributed by atoms with van der Waals surface area (Å²) in [5.41, 5.74) is 26.7. The van der Waals surface area contributed by atoms with Gasteiger partial charge in [-0.2, -0.15) is 0 Å². The van der Waals surface area contributed by atoms with Crippen LogP contribution in [0.4, 0.5) is 38.8 Å². The van der Waals surface area contributed by atoms with Gasteiger partial charge in [-0.3, -0.25) is 19.1 Å². The molecule has 4 radical (unpaired) electrons. The number of carboxylic acid groups (broad SMARTS) is 1. The molecule has 8 aromatic rings. The molecule has 0 saturated heterocycles. The van der Waals surface area contributed by atoms with Crippen molar-refractivity contribution in [2.75, 3.05) is 22.5 Å². The first kappa shape index (κ1) is 136. The molecule has 0 aromatic carbocycles. The van der Waals surface area contributed by atoms with E-state index in [0.717, 1.165) is 30.6 Å². The second kappa shape index (κ2) is 110. The molecule has 15 N–H and O–H groups in total. The fourth-order valence-corrected chi connectivity index (χ4v) is 7.15. The molecule has 0 bridgehead atoms. The average molecular weight is 2610 g/mol. The van der Waals surface area contributed by atoms with Crippen molar-refractivity contribution in [3.63, 3.8) is 0 Å². The van der Waals surface area contributed by atoms with Crippen molar-refractivity contribution in [1.82, 2.24) is 46.0 Å². The Morgan fingerprint density at radius 1 is 0.710 bits per heavy atom. The first-order chi connectivity index (χ1) is 45.8. The van der Waals surface area contributed by atoms with Crippen molar-refractivity contribution in [3.05, 3.63) is 170 Å². The fraction of sp³-hybridized carbons (Fsp3) is 0.250. The van der Waals surface area contributed by atoms with Crippen LogP contribution < -0.4 is 34.4 Å². The van der Waals surface area contributed by atoms with E-state index in [4.69, 9.17) is 39.4 Å². The van der Waals surface area contributed by atoms with Crippen LogP contribution in [-0.2, 0) is 31.8 Å². The molecule has 8 aromatic heterocycles. The Morgan fingerprint density at radius 3 is 1.35 bits per heavy atom. The Morgan fingerprint density at radius 2 is 1.06 bits per heavy atom. The summed E-state index contributed by atoms with van der Waals surface area (Å²) in [6.07, 6.45) is 14.0. The normalized spacial score (nSPS) is 7.82. The van der Waals surface area contributed by atoms with E-state index in [-0.39, 0.29) is 62.0 Å². The third kappa shape index (κ3) is 105. The van der Waals surface area contributed by atoms with E-state index in [0.29, 0.717) is 52.3 Å². The molecule has 0 aliphatic heterocycles. The zero-order chi connectivity index (χ0) is 77.3. The van der Waals surface area contributed by atoms with E-state index >= 15 is 0 Å². The van der Waals surface area contributed by atoms with Crippen LogP contribution in [0.5, 0.6) is 0 Å². The Labute approximate surface area is 746 Å². The van der Waals surface area contributed by atoms with Crippen molar-refractivity contribution in [2.24, 2.45) is 20.0 Å². The quantitative estimate of drug-likeness (QED) is 0.00934. The van der Waals surface area contributed by atoms with Crippen LogP contribution in [-0.4, -0.2) is 144 Å². The van der Waals surface area contributed by atoms with Crippen molar-refractivity contribution >= 4 is 354 Å². The van der Waals surface area contributed by atoms with Crippen LogP contribution in [0.1, 0.15) is 96.9 Å². The van der Waals surface area contributed by atoms with E-state index in [1.165, 1.54) is 0 Å². The Balaban J connectivity index is -0.0000000605. The minimum atomic E-state index is -3.22. The van der Waals surface area contributed by atoms with E-state index in [1.54, 1.807) is 125 Å². The number of nitrogens with zero attached hydrogens (tertiary/aromatic N) is 12. The molecule has 100 heavy (non-hydrogen) atoms. The minimum absolute atomic E-state index is 0. The molecule has 0 aliphatic carbocycles. The molecule has 8 heterocycles. The number of hydrogen-bond acceptors (Lipinski definition) is 19. The number of aliphatic imine (C=N–C) groups is 2. The van der Waals surface area contributed by atoms with E-state index in [9.17, 15) is 9.36 Å². The number of carbonyl (C=O) groups is 2. The first-order valence-electron chi connectivity index (χ1n) is 26.7. The van der Waals surface area contributed by atoms with Crippen LogP contribution in [0.25, 0.3) is 14.8 Å². The third-order valence-electron chi connectivity index (χ3n) is 6.38. The molecular formula is C56H86BBr5Cl3CuI4N18O5PSSe4V. The maximum absolute atomic E-state index is 9.97. The summed E-state index contributed by atoms with van der Waals surface area (Å²) < 4.78 is 20.4. The van der Waals surface area contributed by atoms with Gasteiger partial charge in [0.15, 0.2) is 4.60 Å². The number of carbonyl (C=O) groups excluding carboxylic acids is 1. The van der Waals surface area contributed by atoms with Crippen LogP contribution in [0.2, 0.25) is 0 Å². The van der Waals surface area contributed by atoms with Gasteiger partial charge in [0, 0.05) is 54.1 Å². The zero-order valence-corrected chi connectivity index (χ0v) is 86.7. The molecular weight excluding hydrogens is 2520 g/mol. The molecule has 44 heteroatoms. The summed E-state index contributed by atoms with van der Waals surface area (Å²) in [7, 11) is 4.34. The van der Waals surface area contributed by atoms with Gasteiger partial charge in [0.25, 0.3) is 13.0 Å². The van der Waals surface area contributed by atoms with Gasteiger partial charge in [0.1, 0.15) is 9.21 Å². The molecule has 23 nitrogen and oxygen atoms in total. The summed E-state index contributed by atoms with van der Waals surface area (Å²) in [6, 6.07) is 25.3. The van der Waals surface area contributed by atoms with Crippen LogP contribution in [0.3, 0.4) is 0 Å². The second-order valence-corrected chi connectivity index (χ2v) is 61.1. The number of amides is 1. The van der Waals surface area contributed by atoms with Crippen LogP contribution in [0.15, 0.2) is 172 Å². The molecule has 0 aliphatic rings. The standard InChI is InChI=1S/C6H5BrN3Se.C6H5BrN2O.C6H3BrN2Se.C6H4BrN2.C6H5N3Se.C5H5BrN2.C5H6N2.7C2H6.CH2O2.CH3.BHNS.Cl3OP.Cu.4HI.H3N.H2O.Se.V/c7-5-4(10-6(8)11)2-1-3-9-5;2*7-6-5(9-4-10)2-1-3-8-6;1-8-5-3-2-4-9-6(5)7;7-6-9-4-2-1-3-8-5(4)10-6;6-5-4(7)2-1-3-8-5;6-5-2-1-3-7-4-5;7*1-2;2-1-3;;1-2-3;1-5(2,3)4;;;;;;;;;/h1-3H,(H2,8,10);1-4H,(H,9,10);1-3H;1-4H;1-3H,(H2,7,9);1-3H,7H2;1-4H,6H2;7*1-2H3;1H,(H,2,3);1H3;3H;;;4*1H;1H3;1H2;;/q;;;+1;;;;;;;;;;;;-1;;;+1;;;;;;;;+3/p-4. The third-order valence-corrected chi connectivity index (χ3v) is 11.6. The van der Waals surface area contributed by atoms with Gasteiger partial charge in [-0.25, -0.2) is 15.0 Å². The monoisotopic (exact) mass is 2610 g/mol. The number of hydrogen-bond donors (Lipinski definition) is 8. The Bertz CT molecular complexity index is 3170. The number of rotatable bonds is 4. The zero-order valence-electron chi connectivity index (χ0n) is 56.9. The van der Waals surface area contributed by atoms with Gasteiger partial charge in [0.05, 0.1) is 17.1 Å². The topological polar surface area (TPSA) is 399 Å². The second-order valence-electron chi connectivity index (χ2n) is 11.7. The summed E-state index contributed by atoms with van der Waals surface area (Å²) in [5, 5.41) is 6.15. The van der Waals surface area contributed by atoms with Crippen LogP contribution >= 0.6 is 212 Å². The number of pyridine rings is 7. The van der Waals surface area contributed by atoms with Gasteiger partial charge < -0.3 is 40.9 Å². The Kier molecular flexibility index (Phi) is 150. The SMILES string of the molecule is C#[N+]c1cccnc1Br.CC.CC.CC.CC.CC.CC.CC.N.NC([Se])=Nc1cccnc1Br.Nc1cccnc1.Nc1cccnc1Br.Nc1nc2cccnc2[se]1.O.O=CNc1cccnc1Br.O=CO.O=P(Cl)(Cl)Cl.[B]=NS.[CH3-].[Cu][I].[I][V]([I])[I].[Se].[Se]=C=Nc1cccnc1Br. The van der Waals surface area contributed by atoms with E-state index in [1.807, 2.05) is 127 Å². The summed E-state index contributed by atoms with van der Waals surface area (Å²) in [6.45, 7) is 32.8. The fourth-order valence-electron chi connectivity index (χ4n) is 3.68. The van der Waals surface area contributed by atoms with E-state index < -0.39 is 5.20 Å². The molecule has 0 unspecified atom stereocenters. The van der Waals surface area contributed by atoms with Gasteiger partial charge in [-0.1, -0.05) is 96.9 Å². The number of thiol groups is 1. The predicted molar refractivity (Wildman–Crippen MR) is 489 cm³/mol. The number of anilines is 4. The number of nitrogen functional groups attached to an aromatic ring is 3.